The van der Waals surface area contributed by atoms with Gasteiger partial charge in [-0.25, -0.2) is 4.39 Å². The number of benzene rings is 1. The molecule has 0 aliphatic carbocycles. The van der Waals surface area contributed by atoms with Gasteiger partial charge < -0.3 is 16.4 Å². The molecule has 0 aromatic heterocycles. The summed E-state index contributed by atoms with van der Waals surface area (Å²) in [5.41, 5.74) is 6.17. The van der Waals surface area contributed by atoms with E-state index in [1.54, 1.807) is 12.1 Å². The molecule has 0 saturated carbocycles. The topological polar surface area (TPSA) is 67.2 Å². The van der Waals surface area contributed by atoms with Gasteiger partial charge in [0.05, 0.1) is 11.4 Å². The van der Waals surface area contributed by atoms with Crippen LogP contribution in [0.1, 0.15) is 26.7 Å². The van der Waals surface area contributed by atoms with E-state index in [1.165, 1.54) is 6.07 Å². The number of hydrogen-bond acceptors (Lipinski definition) is 3. The highest BCUT2D eigenvalue weighted by molar-refractivity contribution is 5.77. The maximum absolute atomic E-state index is 13.1. The number of rotatable bonds is 6. The van der Waals surface area contributed by atoms with Crippen molar-refractivity contribution in [2.45, 2.75) is 32.7 Å². The number of amides is 1. The number of hydrogen-bond donors (Lipinski definition) is 3. The first-order chi connectivity index (χ1) is 8.54. The molecule has 4 nitrogen and oxygen atoms in total. The van der Waals surface area contributed by atoms with Gasteiger partial charge in [0.2, 0.25) is 5.91 Å². The number of carbonyl (C=O) groups excluding carboxylic acids is 1. The molecule has 0 bridgehead atoms. The maximum Gasteiger partial charge on any atom is 0.221 e. The Labute approximate surface area is 107 Å². The minimum Gasteiger partial charge on any atom is -0.395 e. The van der Waals surface area contributed by atoms with Crippen LogP contribution in [-0.4, -0.2) is 18.5 Å². The van der Waals surface area contributed by atoms with Crippen LogP contribution in [0.4, 0.5) is 15.8 Å². The Morgan fingerprint density at radius 2 is 2.22 bits per heavy atom. The van der Waals surface area contributed by atoms with Crippen LogP contribution in [0.15, 0.2) is 18.2 Å². The average molecular weight is 253 g/mol. The van der Waals surface area contributed by atoms with E-state index in [0.29, 0.717) is 18.7 Å². The summed E-state index contributed by atoms with van der Waals surface area (Å²) < 4.78 is 13.1. The summed E-state index contributed by atoms with van der Waals surface area (Å²) in [5.74, 6) is -0.476. The summed E-state index contributed by atoms with van der Waals surface area (Å²) >= 11 is 0. The fourth-order valence-corrected chi connectivity index (χ4v) is 1.45. The molecule has 5 heteroatoms. The minimum absolute atomic E-state index is 0.0215. The third kappa shape index (κ3) is 4.24. The highest BCUT2D eigenvalue weighted by Gasteiger charge is 2.06. The number of anilines is 2. The van der Waals surface area contributed by atoms with Crippen LogP contribution in [-0.2, 0) is 4.79 Å². The van der Waals surface area contributed by atoms with Gasteiger partial charge >= 0.3 is 0 Å². The number of nitrogens with one attached hydrogen (secondary N) is 2. The summed E-state index contributed by atoms with van der Waals surface area (Å²) in [6.45, 7) is 4.39. The Morgan fingerprint density at radius 1 is 1.50 bits per heavy atom. The van der Waals surface area contributed by atoms with Crippen molar-refractivity contribution in [3.63, 3.8) is 0 Å². The average Bonchev–Trinajstić information content (AvgIpc) is 2.34. The first-order valence-corrected chi connectivity index (χ1v) is 6.11. The van der Waals surface area contributed by atoms with Crippen LogP contribution in [0.2, 0.25) is 0 Å². The zero-order valence-electron chi connectivity index (χ0n) is 10.8. The van der Waals surface area contributed by atoms with Gasteiger partial charge in [-0.1, -0.05) is 13.0 Å². The molecule has 1 aromatic carbocycles. The lowest BCUT2D eigenvalue weighted by molar-refractivity contribution is -0.121. The van der Waals surface area contributed by atoms with Gasteiger partial charge in [-0.2, -0.15) is 0 Å². The zero-order chi connectivity index (χ0) is 13.5. The second kappa shape index (κ2) is 6.83. The van der Waals surface area contributed by atoms with Gasteiger partial charge in [-0.05, 0) is 25.5 Å². The molecule has 1 unspecified atom stereocenters. The normalized spacial score (nSPS) is 11.9. The minimum atomic E-state index is -0.455. The molecule has 0 aliphatic rings. The summed E-state index contributed by atoms with van der Waals surface area (Å²) in [7, 11) is 0. The summed E-state index contributed by atoms with van der Waals surface area (Å²) in [4.78, 5) is 11.5. The quantitative estimate of drug-likeness (QED) is 0.680. The van der Waals surface area contributed by atoms with Gasteiger partial charge in [-0.3, -0.25) is 4.79 Å². The van der Waals surface area contributed by atoms with Crippen molar-refractivity contribution < 1.29 is 9.18 Å². The lowest BCUT2D eigenvalue weighted by atomic mass is 10.2. The largest absolute Gasteiger partial charge is 0.395 e. The Hall–Kier alpha value is -1.78. The molecule has 0 aliphatic heterocycles. The Kier molecular flexibility index (Phi) is 5.42. The molecule has 18 heavy (non-hydrogen) atoms. The first kappa shape index (κ1) is 14.3. The molecular weight excluding hydrogens is 233 g/mol. The van der Waals surface area contributed by atoms with Gasteiger partial charge in [-0.15, -0.1) is 0 Å². The van der Waals surface area contributed by atoms with Crippen LogP contribution in [0, 0.1) is 5.82 Å². The first-order valence-electron chi connectivity index (χ1n) is 6.11. The zero-order valence-corrected chi connectivity index (χ0v) is 10.8. The van der Waals surface area contributed by atoms with Crippen molar-refractivity contribution in [2.24, 2.45) is 0 Å². The van der Waals surface area contributed by atoms with Crippen LogP contribution in [0.3, 0.4) is 0 Å². The highest BCUT2D eigenvalue weighted by Crippen LogP contribution is 2.20. The molecule has 100 valence electrons. The van der Waals surface area contributed by atoms with Gasteiger partial charge in [0.25, 0.3) is 0 Å². The summed E-state index contributed by atoms with van der Waals surface area (Å²) in [6, 6.07) is 4.74. The van der Waals surface area contributed by atoms with E-state index >= 15 is 0 Å². The van der Waals surface area contributed by atoms with Gasteiger partial charge in [0.15, 0.2) is 0 Å². The number of para-hydroxylation sites is 1. The molecule has 0 saturated heterocycles. The summed E-state index contributed by atoms with van der Waals surface area (Å²) in [6.07, 6.45) is 1.23. The van der Waals surface area contributed by atoms with Crippen molar-refractivity contribution >= 4 is 17.3 Å². The van der Waals surface area contributed by atoms with E-state index < -0.39 is 5.82 Å². The molecule has 1 atom stereocenters. The highest BCUT2D eigenvalue weighted by atomic mass is 19.1. The maximum atomic E-state index is 13.1. The number of carbonyl (C=O) groups is 1. The molecule has 0 fully saturated rings. The van der Waals surface area contributed by atoms with E-state index in [9.17, 15) is 9.18 Å². The van der Waals surface area contributed by atoms with Crippen LogP contribution in [0.5, 0.6) is 0 Å². The van der Waals surface area contributed by atoms with E-state index in [1.807, 2.05) is 13.8 Å². The van der Waals surface area contributed by atoms with Gasteiger partial charge in [0.1, 0.15) is 5.82 Å². The molecule has 0 spiro atoms. The third-order valence-electron chi connectivity index (χ3n) is 2.74. The van der Waals surface area contributed by atoms with Crippen molar-refractivity contribution in [2.75, 3.05) is 17.6 Å². The van der Waals surface area contributed by atoms with E-state index in [2.05, 4.69) is 10.6 Å². The molecule has 1 amide bonds. The molecule has 1 rings (SSSR count). The SMILES string of the molecule is CCC(C)NC(=O)CCNc1cccc(F)c1N. The van der Waals surface area contributed by atoms with Crippen LogP contribution >= 0.6 is 0 Å². The van der Waals surface area contributed by atoms with E-state index in [0.717, 1.165) is 6.42 Å². The molecule has 0 radical (unpaired) electrons. The fraction of sp³-hybridized carbons (Fsp3) is 0.462. The number of nitrogen functional groups attached to an aromatic ring is 1. The fourth-order valence-electron chi connectivity index (χ4n) is 1.45. The second-order valence-electron chi connectivity index (χ2n) is 4.25. The van der Waals surface area contributed by atoms with Gasteiger partial charge in [0, 0.05) is 19.0 Å². The lowest BCUT2D eigenvalue weighted by Crippen LogP contribution is -2.33. The Morgan fingerprint density at radius 3 is 2.89 bits per heavy atom. The number of halogens is 1. The summed E-state index contributed by atoms with van der Waals surface area (Å²) in [5, 5.41) is 5.81. The second-order valence-corrected chi connectivity index (χ2v) is 4.25. The van der Waals surface area contributed by atoms with Crippen LogP contribution < -0.4 is 16.4 Å². The third-order valence-corrected chi connectivity index (χ3v) is 2.74. The predicted octanol–water partition coefficient (Wildman–Crippen LogP) is 2.12. The molecule has 1 aromatic rings. The molecule has 4 N–H and O–H groups in total. The van der Waals surface area contributed by atoms with Crippen molar-refractivity contribution in [1.29, 1.82) is 0 Å². The van der Waals surface area contributed by atoms with E-state index in [4.69, 9.17) is 5.73 Å². The lowest BCUT2D eigenvalue weighted by Gasteiger charge is -2.12. The number of nitrogens with two attached hydrogens (primary N) is 1. The smallest absolute Gasteiger partial charge is 0.221 e. The molecule has 0 heterocycles. The predicted molar refractivity (Wildman–Crippen MR) is 71.8 cm³/mol. The standard InChI is InChI=1S/C13H20FN3O/c1-3-9(2)17-12(18)7-8-16-11-6-4-5-10(14)13(11)15/h4-6,9,16H,3,7-8,15H2,1-2H3,(H,17,18). The van der Waals surface area contributed by atoms with Crippen LogP contribution in [0.25, 0.3) is 0 Å². The Balaban J connectivity index is 2.38. The monoisotopic (exact) mass is 253 g/mol. The molecular formula is C13H20FN3O. The van der Waals surface area contributed by atoms with Crippen molar-refractivity contribution in [1.82, 2.24) is 5.32 Å². The van der Waals surface area contributed by atoms with Crippen molar-refractivity contribution in [3.05, 3.63) is 24.0 Å². The Bertz CT molecular complexity index is 409. The van der Waals surface area contributed by atoms with E-state index in [-0.39, 0.29) is 17.6 Å². The van der Waals surface area contributed by atoms with Crippen molar-refractivity contribution in [3.8, 4) is 0 Å².